The third kappa shape index (κ3) is 11.8. The minimum Gasteiger partial charge on any atom is -0.508 e. The van der Waals surface area contributed by atoms with E-state index in [1.807, 2.05) is 6.26 Å². The number of aliphatic hydroxyl groups is 1. The molecule has 208 valence electrons. The van der Waals surface area contributed by atoms with Crippen LogP contribution in [0.25, 0.3) is 0 Å². The molecule has 0 radical (unpaired) electrons. The van der Waals surface area contributed by atoms with Crippen molar-refractivity contribution in [2.24, 2.45) is 11.5 Å². The summed E-state index contributed by atoms with van der Waals surface area (Å²) >= 11 is 1.45. The largest absolute Gasteiger partial charge is 0.508 e. The van der Waals surface area contributed by atoms with Gasteiger partial charge in [-0.25, -0.2) is 4.79 Å². The Balaban J connectivity index is 2.88. The summed E-state index contributed by atoms with van der Waals surface area (Å²) in [4.78, 5) is 50.0. The molecule has 0 bridgehead atoms. The predicted molar refractivity (Wildman–Crippen MR) is 141 cm³/mol. The Hall–Kier alpha value is -2.87. The number of phenolic OH excluding ortho intramolecular Hbond substituents is 1. The Morgan fingerprint density at radius 3 is 2.11 bits per heavy atom. The van der Waals surface area contributed by atoms with Gasteiger partial charge >= 0.3 is 5.97 Å². The number of nitrogens with one attached hydrogen (secondary N) is 3. The van der Waals surface area contributed by atoms with Crippen LogP contribution >= 0.6 is 11.8 Å². The number of unbranched alkanes of at least 4 members (excludes halogenated alkanes) is 1. The number of amides is 3. The number of hydrogen-bond acceptors (Lipinski definition) is 9. The van der Waals surface area contributed by atoms with Crippen LogP contribution in [0.2, 0.25) is 0 Å². The number of aliphatic hydroxyl groups excluding tert-OH is 1. The van der Waals surface area contributed by atoms with Crippen LogP contribution in [-0.2, 0) is 25.6 Å². The van der Waals surface area contributed by atoms with Gasteiger partial charge in [0, 0.05) is 0 Å². The standard InChI is InChI=1S/C24H39N5O7S/c1-14(30)20(23(34)28-19(24(35)36)5-3-4-11-25)29-22(33)18(10-12-37-2)27-21(32)17(26)13-15-6-8-16(31)9-7-15/h6-9,14,17-20,30-31H,3-5,10-13,25-26H2,1-2H3,(H,27,32)(H,28,34)(H,29,33)(H,35,36). The van der Waals surface area contributed by atoms with Crippen molar-refractivity contribution < 1.29 is 34.5 Å². The number of aliphatic carboxylic acids is 1. The summed E-state index contributed by atoms with van der Waals surface area (Å²) in [6.45, 7) is 1.67. The van der Waals surface area contributed by atoms with Crippen molar-refractivity contribution in [3.8, 4) is 5.75 Å². The van der Waals surface area contributed by atoms with Gasteiger partial charge in [-0.05, 0) is 75.3 Å². The molecule has 0 spiro atoms. The second-order valence-electron chi connectivity index (χ2n) is 8.73. The normalized spacial score (nSPS) is 15.1. The van der Waals surface area contributed by atoms with Crippen molar-refractivity contribution in [2.75, 3.05) is 18.6 Å². The van der Waals surface area contributed by atoms with E-state index in [9.17, 15) is 34.5 Å². The lowest BCUT2D eigenvalue weighted by atomic mass is 10.0. The molecule has 0 fully saturated rings. The zero-order valence-electron chi connectivity index (χ0n) is 21.2. The van der Waals surface area contributed by atoms with E-state index in [0.717, 1.165) is 5.56 Å². The third-order valence-electron chi connectivity index (χ3n) is 5.60. The molecule has 10 N–H and O–H groups in total. The second kappa shape index (κ2) is 16.8. The molecule has 0 saturated heterocycles. The van der Waals surface area contributed by atoms with Gasteiger partial charge in [-0.2, -0.15) is 11.8 Å². The lowest BCUT2D eigenvalue weighted by Crippen LogP contribution is -2.60. The Bertz CT molecular complexity index is 885. The molecule has 0 aliphatic carbocycles. The molecule has 0 heterocycles. The molecular weight excluding hydrogens is 502 g/mol. The summed E-state index contributed by atoms with van der Waals surface area (Å²) in [7, 11) is 0. The van der Waals surface area contributed by atoms with Gasteiger partial charge in [0.05, 0.1) is 12.1 Å². The fourth-order valence-electron chi connectivity index (χ4n) is 3.43. The highest BCUT2D eigenvalue weighted by Gasteiger charge is 2.32. The number of carboxylic acid groups (broad SMARTS) is 1. The van der Waals surface area contributed by atoms with Gasteiger partial charge < -0.3 is 42.7 Å². The molecule has 37 heavy (non-hydrogen) atoms. The Morgan fingerprint density at radius 1 is 0.946 bits per heavy atom. The van der Waals surface area contributed by atoms with Gasteiger partial charge in [0.1, 0.15) is 23.9 Å². The summed E-state index contributed by atoms with van der Waals surface area (Å²) in [5.74, 6) is -2.80. The molecule has 12 nitrogen and oxygen atoms in total. The topological polar surface area (TPSA) is 217 Å². The maximum atomic E-state index is 13.0. The van der Waals surface area contributed by atoms with Gasteiger partial charge in [0.2, 0.25) is 17.7 Å². The zero-order chi connectivity index (χ0) is 28.0. The molecule has 0 aromatic heterocycles. The number of phenols is 1. The molecule has 0 aliphatic rings. The van der Waals surface area contributed by atoms with E-state index in [2.05, 4.69) is 16.0 Å². The minimum atomic E-state index is -1.44. The fourth-order valence-corrected chi connectivity index (χ4v) is 3.90. The first-order chi connectivity index (χ1) is 17.5. The molecule has 5 atom stereocenters. The number of thioether (sulfide) groups is 1. The molecule has 0 aliphatic heterocycles. The average Bonchev–Trinajstić information content (AvgIpc) is 2.85. The quantitative estimate of drug-likeness (QED) is 0.113. The van der Waals surface area contributed by atoms with E-state index in [0.29, 0.717) is 25.1 Å². The number of carboxylic acids is 1. The van der Waals surface area contributed by atoms with Crippen molar-refractivity contribution in [1.29, 1.82) is 0 Å². The number of rotatable bonds is 17. The van der Waals surface area contributed by atoms with E-state index in [4.69, 9.17) is 11.5 Å². The zero-order valence-corrected chi connectivity index (χ0v) is 22.0. The van der Waals surface area contributed by atoms with Crippen molar-refractivity contribution in [3.63, 3.8) is 0 Å². The number of aromatic hydroxyl groups is 1. The summed E-state index contributed by atoms with van der Waals surface area (Å²) in [6.07, 6.45) is 2.10. The Kier molecular flexibility index (Phi) is 14.6. The number of benzene rings is 1. The van der Waals surface area contributed by atoms with Gasteiger partial charge in [0.25, 0.3) is 0 Å². The van der Waals surface area contributed by atoms with Crippen LogP contribution in [0.5, 0.6) is 5.75 Å². The first-order valence-electron chi connectivity index (χ1n) is 12.0. The first-order valence-corrected chi connectivity index (χ1v) is 13.4. The highest BCUT2D eigenvalue weighted by molar-refractivity contribution is 7.98. The minimum absolute atomic E-state index is 0.0810. The first kappa shape index (κ1) is 32.2. The van der Waals surface area contributed by atoms with Crippen LogP contribution in [0.4, 0.5) is 0 Å². The summed E-state index contributed by atoms with van der Waals surface area (Å²) in [6, 6.07) is 1.55. The molecular formula is C24H39N5O7S. The monoisotopic (exact) mass is 541 g/mol. The molecule has 1 aromatic rings. The van der Waals surface area contributed by atoms with E-state index in [-0.39, 0.29) is 25.0 Å². The van der Waals surface area contributed by atoms with Crippen LogP contribution in [0.1, 0.15) is 38.2 Å². The maximum absolute atomic E-state index is 13.0. The summed E-state index contributed by atoms with van der Waals surface area (Å²) in [5, 5.41) is 36.3. The lowest BCUT2D eigenvalue weighted by Gasteiger charge is -2.26. The average molecular weight is 542 g/mol. The number of carbonyl (C=O) groups excluding carboxylic acids is 3. The van der Waals surface area contributed by atoms with Crippen molar-refractivity contribution >= 4 is 35.5 Å². The molecule has 13 heteroatoms. The number of nitrogens with two attached hydrogens (primary N) is 2. The predicted octanol–water partition coefficient (Wildman–Crippen LogP) is -0.936. The Morgan fingerprint density at radius 2 is 1.57 bits per heavy atom. The molecule has 0 saturated carbocycles. The van der Waals surface area contributed by atoms with Crippen LogP contribution in [0.3, 0.4) is 0 Å². The lowest BCUT2D eigenvalue weighted by molar-refractivity contribution is -0.143. The molecule has 5 unspecified atom stereocenters. The van der Waals surface area contributed by atoms with Crippen LogP contribution in [-0.4, -0.2) is 87.8 Å². The van der Waals surface area contributed by atoms with E-state index < -0.39 is 54.0 Å². The Labute approximate surface area is 220 Å². The summed E-state index contributed by atoms with van der Waals surface area (Å²) < 4.78 is 0. The molecule has 3 amide bonds. The van der Waals surface area contributed by atoms with Crippen LogP contribution in [0, 0.1) is 0 Å². The fraction of sp³-hybridized carbons (Fsp3) is 0.583. The van der Waals surface area contributed by atoms with Crippen molar-refractivity contribution in [2.45, 2.75) is 69.3 Å². The highest BCUT2D eigenvalue weighted by atomic mass is 32.2. The van der Waals surface area contributed by atoms with Gasteiger partial charge in [-0.15, -0.1) is 0 Å². The third-order valence-corrected chi connectivity index (χ3v) is 6.24. The van der Waals surface area contributed by atoms with E-state index in [1.165, 1.54) is 30.8 Å². The van der Waals surface area contributed by atoms with E-state index >= 15 is 0 Å². The number of carbonyl (C=O) groups is 4. The SMILES string of the molecule is CSCCC(NC(=O)C(N)Cc1ccc(O)cc1)C(=O)NC(C(=O)NC(CCCCN)C(=O)O)C(C)O. The highest BCUT2D eigenvalue weighted by Crippen LogP contribution is 2.11. The van der Waals surface area contributed by atoms with Crippen LogP contribution < -0.4 is 27.4 Å². The van der Waals surface area contributed by atoms with Crippen molar-refractivity contribution in [3.05, 3.63) is 29.8 Å². The van der Waals surface area contributed by atoms with Gasteiger partial charge in [-0.1, -0.05) is 12.1 Å². The smallest absolute Gasteiger partial charge is 0.326 e. The second-order valence-corrected chi connectivity index (χ2v) is 9.72. The molecule has 1 rings (SSSR count). The van der Waals surface area contributed by atoms with Crippen LogP contribution in [0.15, 0.2) is 24.3 Å². The maximum Gasteiger partial charge on any atom is 0.326 e. The van der Waals surface area contributed by atoms with Gasteiger partial charge in [0.15, 0.2) is 0 Å². The number of hydrogen-bond donors (Lipinski definition) is 8. The van der Waals surface area contributed by atoms with E-state index in [1.54, 1.807) is 12.1 Å². The van der Waals surface area contributed by atoms with Gasteiger partial charge in [-0.3, -0.25) is 14.4 Å². The summed E-state index contributed by atoms with van der Waals surface area (Å²) in [5.41, 5.74) is 12.2. The van der Waals surface area contributed by atoms with Crippen molar-refractivity contribution in [1.82, 2.24) is 16.0 Å². The molecule has 1 aromatic carbocycles.